The third-order valence-corrected chi connectivity index (χ3v) is 4.84. The van der Waals surface area contributed by atoms with Crippen LogP contribution in [-0.4, -0.2) is 56.4 Å². The lowest BCUT2D eigenvalue weighted by Gasteiger charge is -2.13. The molecule has 3 aromatic rings. The van der Waals surface area contributed by atoms with Crippen molar-refractivity contribution in [2.45, 2.75) is 18.6 Å². The van der Waals surface area contributed by atoms with Gasteiger partial charge in [0.2, 0.25) is 0 Å². The maximum absolute atomic E-state index is 5.94. The molecule has 1 aliphatic rings. The van der Waals surface area contributed by atoms with Crippen LogP contribution in [0.3, 0.4) is 0 Å². The van der Waals surface area contributed by atoms with E-state index in [0.29, 0.717) is 0 Å². The second-order valence-corrected chi connectivity index (χ2v) is 6.68. The summed E-state index contributed by atoms with van der Waals surface area (Å²) in [5.74, 6) is 0.232. The lowest BCUT2D eigenvalue weighted by atomic mass is 10.0. The molecule has 0 bridgehead atoms. The van der Waals surface area contributed by atoms with Crippen LogP contribution < -0.4 is 0 Å². The molecular formula is C17H19ClN6O. The van der Waals surface area contributed by atoms with Crippen molar-refractivity contribution in [3.8, 4) is 5.69 Å². The highest BCUT2D eigenvalue weighted by Gasteiger charge is 2.35. The van der Waals surface area contributed by atoms with Crippen LogP contribution in [0, 0.1) is 0 Å². The molecule has 8 heteroatoms. The van der Waals surface area contributed by atoms with Gasteiger partial charge in [0, 0.05) is 49.4 Å². The highest BCUT2D eigenvalue weighted by molar-refractivity contribution is 6.30. The Morgan fingerprint density at radius 1 is 1.24 bits per heavy atom. The quantitative estimate of drug-likeness (QED) is 0.757. The first kappa shape index (κ1) is 16.3. The van der Waals surface area contributed by atoms with Gasteiger partial charge in [-0.3, -0.25) is 4.90 Å². The van der Waals surface area contributed by atoms with Gasteiger partial charge in [0.25, 0.3) is 0 Å². The monoisotopic (exact) mass is 358 g/mol. The number of likely N-dealkylation sites (tertiary alicyclic amines) is 1. The summed E-state index contributed by atoms with van der Waals surface area (Å²) in [5, 5.41) is 16.0. The van der Waals surface area contributed by atoms with Gasteiger partial charge >= 0.3 is 0 Å². The number of aromatic nitrogens is 5. The van der Waals surface area contributed by atoms with Crippen LogP contribution in [0.1, 0.15) is 17.2 Å². The summed E-state index contributed by atoms with van der Waals surface area (Å²) in [6, 6.07) is 7.64. The summed E-state index contributed by atoms with van der Waals surface area (Å²) in [6.45, 7) is 2.57. The van der Waals surface area contributed by atoms with E-state index in [9.17, 15) is 0 Å². The molecule has 2 atom stereocenters. The van der Waals surface area contributed by atoms with E-state index < -0.39 is 0 Å². The molecule has 0 amide bonds. The third-order valence-electron chi connectivity index (χ3n) is 4.59. The zero-order valence-corrected chi connectivity index (χ0v) is 14.6. The van der Waals surface area contributed by atoms with Crippen molar-refractivity contribution >= 4 is 11.6 Å². The molecular weight excluding hydrogens is 340 g/mol. The van der Waals surface area contributed by atoms with Gasteiger partial charge in [-0.05, 0) is 24.3 Å². The smallest absolute Gasteiger partial charge is 0.0894 e. The van der Waals surface area contributed by atoms with Gasteiger partial charge in [0.05, 0.1) is 29.9 Å². The Labute approximate surface area is 150 Å². The van der Waals surface area contributed by atoms with E-state index in [2.05, 4.69) is 31.6 Å². The number of hydrogen-bond donors (Lipinski definition) is 1. The normalized spacial score (nSPS) is 21.0. The number of rotatable bonds is 5. The van der Waals surface area contributed by atoms with Gasteiger partial charge in [0.1, 0.15) is 0 Å². The highest BCUT2D eigenvalue weighted by Crippen LogP contribution is 2.28. The van der Waals surface area contributed by atoms with Crippen molar-refractivity contribution in [1.29, 1.82) is 0 Å². The lowest BCUT2D eigenvalue weighted by molar-refractivity contribution is 0.0957. The van der Waals surface area contributed by atoms with Crippen LogP contribution in [0.2, 0.25) is 5.02 Å². The third kappa shape index (κ3) is 3.44. The fourth-order valence-electron chi connectivity index (χ4n) is 3.33. The van der Waals surface area contributed by atoms with Gasteiger partial charge in [-0.1, -0.05) is 11.6 Å². The molecule has 4 rings (SSSR count). The maximum Gasteiger partial charge on any atom is 0.0894 e. The number of ether oxygens (including phenoxy) is 1. The van der Waals surface area contributed by atoms with Crippen LogP contribution >= 0.6 is 11.6 Å². The standard InChI is InChI=1S/C17H19ClN6O/c1-25-17-11-23(10-15(17)16-7-19-22-21-16)8-12-6-20-24(9-12)14-4-2-13(18)3-5-14/h2-7,9,15,17H,8,10-11H2,1H3,(H,19,21,22)/t15-,17+/m0/s1. The highest BCUT2D eigenvalue weighted by atomic mass is 35.5. The zero-order chi connectivity index (χ0) is 17.2. The summed E-state index contributed by atoms with van der Waals surface area (Å²) in [4.78, 5) is 2.36. The van der Waals surface area contributed by atoms with E-state index in [1.807, 2.05) is 35.1 Å². The lowest BCUT2D eigenvalue weighted by Crippen LogP contribution is -2.22. The number of methoxy groups -OCH3 is 1. The van der Waals surface area contributed by atoms with Crippen molar-refractivity contribution in [1.82, 2.24) is 30.1 Å². The number of hydrogen-bond acceptors (Lipinski definition) is 5. The Morgan fingerprint density at radius 2 is 2.08 bits per heavy atom. The molecule has 1 aromatic carbocycles. The van der Waals surface area contributed by atoms with Crippen LogP contribution in [0.15, 0.2) is 42.9 Å². The molecule has 0 radical (unpaired) electrons. The van der Waals surface area contributed by atoms with E-state index in [0.717, 1.165) is 41.6 Å². The van der Waals surface area contributed by atoms with Gasteiger partial charge in [-0.15, -0.1) is 0 Å². The van der Waals surface area contributed by atoms with Crippen molar-refractivity contribution < 1.29 is 4.74 Å². The first-order valence-electron chi connectivity index (χ1n) is 8.13. The van der Waals surface area contributed by atoms with Crippen LogP contribution in [0.5, 0.6) is 0 Å². The van der Waals surface area contributed by atoms with E-state index in [1.165, 1.54) is 0 Å². The summed E-state index contributed by atoms with van der Waals surface area (Å²) < 4.78 is 7.51. The molecule has 0 saturated carbocycles. The SMILES string of the molecule is CO[C@@H]1CN(Cc2cnn(-c3ccc(Cl)cc3)c2)C[C@H]1c1cn[nH]n1. The Morgan fingerprint density at radius 3 is 2.80 bits per heavy atom. The maximum atomic E-state index is 5.94. The fourth-order valence-corrected chi connectivity index (χ4v) is 3.45. The second-order valence-electron chi connectivity index (χ2n) is 6.24. The molecule has 1 saturated heterocycles. The first-order valence-corrected chi connectivity index (χ1v) is 8.51. The molecule has 1 aliphatic heterocycles. The molecule has 0 aliphatic carbocycles. The number of aromatic amines is 1. The zero-order valence-electron chi connectivity index (χ0n) is 13.8. The molecule has 0 unspecified atom stereocenters. The van der Waals surface area contributed by atoms with Gasteiger partial charge in [0.15, 0.2) is 0 Å². The number of nitrogens with zero attached hydrogens (tertiary/aromatic N) is 5. The Hall–Kier alpha value is -2.22. The van der Waals surface area contributed by atoms with Crippen molar-refractivity contribution in [3.05, 3.63) is 59.1 Å². The van der Waals surface area contributed by atoms with Crippen LogP contribution in [0.25, 0.3) is 5.69 Å². The van der Waals surface area contributed by atoms with E-state index >= 15 is 0 Å². The van der Waals surface area contributed by atoms with E-state index in [-0.39, 0.29) is 12.0 Å². The van der Waals surface area contributed by atoms with Crippen molar-refractivity contribution in [2.75, 3.05) is 20.2 Å². The molecule has 130 valence electrons. The van der Waals surface area contributed by atoms with Crippen LogP contribution in [-0.2, 0) is 11.3 Å². The minimum Gasteiger partial charge on any atom is -0.379 e. The number of H-pyrrole nitrogens is 1. The Kier molecular flexibility index (Phi) is 4.52. The Bertz CT molecular complexity index is 816. The number of benzene rings is 1. The minimum atomic E-state index is 0.122. The molecule has 7 nitrogen and oxygen atoms in total. The minimum absolute atomic E-state index is 0.122. The molecule has 2 aromatic heterocycles. The van der Waals surface area contributed by atoms with Crippen molar-refractivity contribution in [3.63, 3.8) is 0 Å². The van der Waals surface area contributed by atoms with Gasteiger partial charge in [-0.2, -0.15) is 20.5 Å². The summed E-state index contributed by atoms with van der Waals surface area (Å²) >= 11 is 5.94. The summed E-state index contributed by atoms with van der Waals surface area (Å²) in [6.07, 6.45) is 5.85. The first-order chi connectivity index (χ1) is 12.2. The van der Waals surface area contributed by atoms with Crippen LogP contribution in [0.4, 0.5) is 0 Å². The predicted molar refractivity (Wildman–Crippen MR) is 93.8 cm³/mol. The largest absolute Gasteiger partial charge is 0.379 e. The summed E-state index contributed by atoms with van der Waals surface area (Å²) in [7, 11) is 1.75. The molecule has 1 N–H and O–H groups in total. The van der Waals surface area contributed by atoms with Gasteiger partial charge < -0.3 is 4.74 Å². The van der Waals surface area contributed by atoms with E-state index in [1.54, 1.807) is 13.3 Å². The number of halogens is 1. The average Bonchev–Trinajstić information content (AvgIpc) is 3.36. The topological polar surface area (TPSA) is 71.9 Å². The molecule has 3 heterocycles. The fraction of sp³-hybridized carbons (Fsp3) is 0.353. The predicted octanol–water partition coefficient (Wildman–Crippen LogP) is 2.26. The molecule has 0 spiro atoms. The molecule has 25 heavy (non-hydrogen) atoms. The molecule has 1 fully saturated rings. The van der Waals surface area contributed by atoms with Crippen molar-refractivity contribution in [2.24, 2.45) is 0 Å². The van der Waals surface area contributed by atoms with E-state index in [4.69, 9.17) is 16.3 Å². The average molecular weight is 359 g/mol. The number of nitrogens with one attached hydrogen (secondary N) is 1. The van der Waals surface area contributed by atoms with Gasteiger partial charge in [-0.25, -0.2) is 4.68 Å². The summed E-state index contributed by atoms with van der Waals surface area (Å²) in [5.41, 5.74) is 3.10. The second kappa shape index (κ2) is 6.95. The Balaban J connectivity index is 1.45.